The maximum atomic E-state index is 13.4. The molecular formula is C83H137NO18. The van der Waals surface area contributed by atoms with Gasteiger partial charge in [0.2, 0.25) is 5.91 Å². The highest BCUT2D eigenvalue weighted by Gasteiger charge is 2.53. The zero-order valence-electron chi connectivity index (χ0n) is 62.0. The lowest BCUT2D eigenvalue weighted by molar-refractivity contribution is -0.379. The molecule has 0 spiro atoms. The number of hydrogen-bond donors (Lipinski definition) is 12. The zero-order valence-corrected chi connectivity index (χ0v) is 62.0. The molecular weight excluding hydrogens is 1300 g/mol. The first-order valence-electron chi connectivity index (χ1n) is 39.1. The molecule has 102 heavy (non-hydrogen) atoms. The van der Waals surface area contributed by atoms with Crippen molar-refractivity contribution in [3.05, 3.63) is 146 Å². The minimum absolute atomic E-state index is 0.194. The Morgan fingerprint density at radius 1 is 0.363 bits per heavy atom. The number of nitrogens with one attached hydrogen (secondary N) is 1. The predicted molar refractivity (Wildman–Crippen MR) is 406 cm³/mol. The average molecular weight is 1440 g/mol. The summed E-state index contributed by atoms with van der Waals surface area (Å²) < 4.78 is 34.4. The van der Waals surface area contributed by atoms with Crippen molar-refractivity contribution >= 4 is 5.91 Å². The van der Waals surface area contributed by atoms with Gasteiger partial charge in [-0.1, -0.05) is 275 Å². The summed E-state index contributed by atoms with van der Waals surface area (Å²) in [6.07, 6.45) is 62.5. The van der Waals surface area contributed by atoms with E-state index < -0.39 is 124 Å². The van der Waals surface area contributed by atoms with E-state index in [1.165, 1.54) is 96.3 Å². The van der Waals surface area contributed by atoms with Gasteiger partial charge in [-0.2, -0.15) is 0 Å². The van der Waals surface area contributed by atoms with Crippen molar-refractivity contribution in [3.63, 3.8) is 0 Å². The fraction of sp³-hybridized carbons (Fsp3) is 0.699. The summed E-state index contributed by atoms with van der Waals surface area (Å²) in [5, 5.41) is 121. The SMILES string of the molecule is CC/C=C\C/C=C\C/C=C\C/C=C\C/C=C\C/C=C\C/C=C\C/C=C\C/C=C\C/C=C\C/C=C\CCCCCC(=O)NC(COC1OC(CO)C(OC2OC(CO)C(OC3OC(CO)C(O)C(O)C3O)C(O)C2O)C(O)C1O)C(O)/C=C/CCCCCCCCCCCCCCCCCCCC. The highest BCUT2D eigenvalue weighted by molar-refractivity contribution is 5.76. The average Bonchev–Trinajstić information content (AvgIpc) is 0.778. The molecule has 17 atom stereocenters. The summed E-state index contributed by atoms with van der Waals surface area (Å²) in [6, 6.07) is -1.00. The quantitative estimate of drug-likeness (QED) is 0.0199. The zero-order chi connectivity index (χ0) is 73.9. The lowest BCUT2D eigenvalue weighted by Crippen LogP contribution is -2.66. The van der Waals surface area contributed by atoms with E-state index >= 15 is 0 Å². The number of allylic oxidation sites excluding steroid dienone is 23. The standard InChI is InChI=1S/C83H137NO18/c1-3-5-7-9-11-13-15-17-19-21-23-25-26-27-28-29-30-31-32-33-34-35-36-37-38-39-40-41-43-45-47-49-51-53-55-57-59-61-71(89)84-66(67(88)60-58-56-54-52-50-48-46-44-42-24-22-20-18-16-14-12-10-8-6-4-2)65-97-81-77(95)74(92)79(69(63-86)99-81)102-83-78(96)75(93)80(70(64-87)100-83)101-82-76(94)73(91)72(90)68(62-85)98-82/h5,7,11,13,17,19,23,25,27-28,30-31,33-34,36-37,39-40,43,45,49,51,58,60,66-70,72-83,85-88,90-96H,3-4,6,8-10,12,14-16,18,20-22,24,26,29,32,35,38,41-42,44,46-48,50,52-57,59,61-65H2,1-2H3,(H,84,89)/b7-5-,13-11-,19-17-,25-23-,28-27-,31-30-,34-33-,37-36-,40-39-,45-43-,51-49-,60-58+. The first-order valence-corrected chi connectivity index (χ1v) is 39.1. The van der Waals surface area contributed by atoms with Crippen LogP contribution in [0.1, 0.15) is 239 Å². The Balaban J connectivity index is 1.40. The maximum absolute atomic E-state index is 13.4. The molecule has 3 saturated heterocycles. The fourth-order valence-corrected chi connectivity index (χ4v) is 12.1. The third-order valence-corrected chi connectivity index (χ3v) is 18.4. The Labute approximate surface area is 613 Å². The van der Waals surface area contributed by atoms with Crippen LogP contribution in [-0.4, -0.2) is 193 Å². The molecule has 12 N–H and O–H groups in total. The van der Waals surface area contributed by atoms with Crippen molar-refractivity contribution in [1.29, 1.82) is 0 Å². The van der Waals surface area contributed by atoms with Crippen LogP contribution in [-0.2, 0) is 33.2 Å². The number of rotatable bonds is 59. The molecule has 0 saturated carbocycles. The molecule has 3 aliphatic heterocycles. The molecule has 19 heteroatoms. The molecule has 0 aromatic rings. The monoisotopic (exact) mass is 1440 g/mol. The van der Waals surface area contributed by atoms with Gasteiger partial charge in [-0.25, -0.2) is 0 Å². The summed E-state index contributed by atoms with van der Waals surface area (Å²) in [4.78, 5) is 13.4. The molecule has 17 unspecified atom stereocenters. The Morgan fingerprint density at radius 3 is 1.06 bits per heavy atom. The van der Waals surface area contributed by atoms with E-state index in [-0.39, 0.29) is 18.9 Å². The smallest absolute Gasteiger partial charge is 0.220 e. The largest absolute Gasteiger partial charge is 0.394 e. The number of aliphatic hydroxyl groups is 11. The number of carbonyl (C=O) groups is 1. The van der Waals surface area contributed by atoms with Gasteiger partial charge in [0.25, 0.3) is 0 Å². The summed E-state index contributed by atoms with van der Waals surface area (Å²) in [7, 11) is 0. The van der Waals surface area contributed by atoms with Crippen molar-refractivity contribution in [3.8, 4) is 0 Å². The van der Waals surface area contributed by atoms with Gasteiger partial charge >= 0.3 is 0 Å². The summed E-state index contributed by atoms with van der Waals surface area (Å²) in [5.41, 5.74) is 0. The molecule has 3 aliphatic rings. The van der Waals surface area contributed by atoms with Crippen LogP contribution in [0.15, 0.2) is 146 Å². The van der Waals surface area contributed by atoms with Crippen LogP contribution in [0.25, 0.3) is 0 Å². The fourth-order valence-electron chi connectivity index (χ4n) is 12.1. The van der Waals surface area contributed by atoms with Crippen LogP contribution in [0, 0.1) is 0 Å². The first-order chi connectivity index (χ1) is 49.8. The number of ether oxygens (including phenoxy) is 6. The summed E-state index contributed by atoms with van der Waals surface area (Å²) in [6.45, 7) is 1.59. The lowest BCUT2D eigenvalue weighted by Gasteiger charge is -2.48. The van der Waals surface area contributed by atoms with E-state index in [4.69, 9.17) is 28.4 Å². The Bertz CT molecular complexity index is 2410. The van der Waals surface area contributed by atoms with E-state index in [1.807, 2.05) is 6.08 Å². The van der Waals surface area contributed by atoms with Gasteiger partial charge in [0, 0.05) is 6.42 Å². The number of carbonyl (C=O) groups excluding carboxylic acids is 1. The summed E-state index contributed by atoms with van der Waals surface area (Å²) >= 11 is 0. The van der Waals surface area contributed by atoms with Crippen molar-refractivity contribution in [2.24, 2.45) is 0 Å². The molecule has 3 rings (SSSR count). The van der Waals surface area contributed by atoms with Gasteiger partial charge in [0.15, 0.2) is 18.9 Å². The first kappa shape index (κ1) is 91.9. The minimum Gasteiger partial charge on any atom is -0.394 e. The Hall–Kier alpha value is -4.33. The van der Waals surface area contributed by atoms with Gasteiger partial charge in [-0.15, -0.1) is 0 Å². The number of amides is 1. The van der Waals surface area contributed by atoms with Gasteiger partial charge in [-0.3, -0.25) is 4.79 Å². The van der Waals surface area contributed by atoms with Crippen LogP contribution >= 0.6 is 0 Å². The van der Waals surface area contributed by atoms with Crippen molar-refractivity contribution in [2.75, 3.05) is 26.4 Å². The van der Waals surface area contributed by atoms with Crippen molar-refractivity contribution < 1.29 is 89.4 Å². The van der Waals surface area contributed by atoms with Gasteiger partial charge in [0.1, 0.15) is 73.2 Å². The topological polar surface area (TPSA) is 307 Å². The van der Waals surface area contributed by atoms with Gasteiger partial charge in [0.05, 0.1) is 38.6 Å². The summed E-state index contributed by atoms with van der Waals surface area (Å²) in [5.74, 6) is -0.312. The molecule has 582 valence electrons. The van der Waals surface area contributed by atoms with E-state index in [2.05, 4.69) is 153 Å². The van der Waals surface area contributed by atoms with E-state index in [0.29, 0.717) is 6.42 Å². The predicted octanol–water partition coefficient (Wildman–Crippen LogP) is 12.7. The van der Waals surface area contributed by atoms with E-state index in [9.17, 15) is 61.0 Å². The maximum Gasteiger partial charge on any atom is 0.220 e. The second kappa shape index (κ2) is 61.8. The van der Waals surface area contributed by atoms with Gasteiger partial charge in [-0.05, 0) is 103 Å². The third kappa shape index (κ3) is 41.5. The normalized spacial score (nSPS) is 27.0. The number of unbranched alkanes of at least 4 members (excludes halogenated alkanes) is 21. The Kier molecular flexibility index (Phi) is 55.7. The molecule has 19 nitrogen and oxygen atoms in total. The van der Waals surface area contributed by atoms with Crippen LogP contribution in [0.3, 0.4) is 0 Å². The lowest BCUT2D eigenvalue weighted by atomic mass is 9.96. The van der Waals surface area contributed by atoms with E-state index in [0.717, 1.165) is 116 Å². The molecule has 0 aromatic carbocycles. The van der Waals surface area contributed by atoms with Crippen LogP contribution < -0.4 is 5.32 Å². The number of hydrogen-bond acceptors (Lipinski definition) is 18. The molecule has 0 radical (unpaired) electrons. The third-order valence-electron chi connectivity index (χ3n) is 18.4. The molecule has 1 amide bonds. The van der Waals surface area contributed by atoms with Crippen molar-refractivity contribution in [1.82, 2.24) is 5.32 Å². The highest BCUT2D eigenvalue weighted by atomic mass is 16.8. The molecule has 3 heterocycles. The van der Waals surface area contributed by atoms with E-state index in [1.54, 1.807) is 6.08 Å². The van der Waals surface area contributed by atoms with Crippen molar-refractivity contribution in [2.45, 2.75) is 343 Å². The highest BCUT2D eigenvalue weighted by Crippen LogP contribution is 2.33. The van der Waals surface area contributed by atoms with Gasteiger partial charge < -0.3 is 89.9 Å². The molecule has 0 bridgehead atoms. The molecule has 0 aromatic heterocycles. The molecule has 3 fully saturated rings. The van der Waals surface area contributed by atoms with Crippen LogP contribution in [0.5, 0.6) is 0 Å². The number of aliphatic hydroxyl groups excluding tert-OH is 11. The Morgan fingerprint density at radius 2 is 0.676 bits per heavy atom. The second-order valence-corrected chi connectivity index (χ2v) is 27.1. The van der Waals surface area contributed by atoms with Crippen LogP contribution in [0.2, 0.25) is 0 Å². The molecule has 0 aliphatic carbocycles. The minimum atomic E-state index is -1.99. The second-order valence-electron chi connectivity index (χ2n) is 27.1. The van der Waals surface area contributed by atoms with Crippen LogP contribution in [0.4, 0.5) is 0 Å².